The standard InChI is InChI=1S/C16H18F3O5P/c1-3-22-14(20)9-8-12-10-11-6-5-7-13(16(17,18)19)15(11)25(21,24-12)23-4-2/h5-9,12H,3-4,10H2,1-2H3/b9-8+. The summed E-state index contributed by atoms with van der Waals surface area (Å²) in [4.78, 5) is 11.4. The van der Waals surface area contributed by atoms with E-state index in [-0.39, 0.29) is 25.2 Å². The molecule has 138 valence electrons. The minimum atomic E-state index is -4.69. The summed E-state index contributed by atoms with van der Waals surface area (Å²) in [6.07, 6.45) is -3.10. The van der Waals surface area contributed by atoms with Gasteiger partial charge in [0.25, 0.3) is 0 Å². The summed E-state index contributed by atoms with van der Waals surface area (Å²) in [5.74, 6) is -0.618. The van der Waals surface area contributed by atoms with Crippen LogP contribution in [0.25, 0.3) is 0 Å². The molecule has 5 nitrogen and oxygen atoms in total. The zero-order valence-corrected chi connectivity index (χ0v) is 14.6. The molecule has 0 amide bonds. The van der Waals surface area contributed by atoms with E-state index in [0.29, 0.717) is 0 Å². The maximum Gasteiger partial charge on any atom is 0.417 e. The highest BCUT2D eigenvalue weighted by atomic mass is 31.2. The van der Waals surface area contributed by atoms with Gasteiger partial charge in [-0.15, -0.1) is 0 Å². The number of carbonyl (C=O) groups excluding carboxylic acids is 1. The Balaban J connectivity index is 2.44. The molecule has 0 saturated carbocycles. The first-order chi connectivity index (χ1) is 11.7. The molecule has 0 bridgehead atoms. The second-order valence-electron chi connectivity index (χ2n) is 5.19. The minimum Gasteiger partial charge on any atom is -0.463 e. The zero-order valence-electron chi connectivity index (χ0n) is 13.7. The predicted molar refractivity (Wildman–Crippen MR) is 84.7 cm³/mol. The summed E-state index contributed by atoms with van der Waals surface area (Å²) in [6, 6.07) is 3.54. The van der Waals surface area contributed by atoms with Crippen LogP contribution in [0.15, 0.2) is 30.4 Å². The van der Waals surface area contributed by atoms with Crippen molar-refractivity contribution in [2.24, 2.45) is 0 Å². The van der Waals surface area contributed by atoms with Crippen LogP contribution in [0.4, 0.5) is 13.2 Å². The van der Waals surface area contributed by atoms with E-state index >= 15 is 0 Å². The van der Waals surface area contributed by atoms with Crippen molar-refractivity contribution in [2.45, 2.75) is 32.5 Å². The van der Waals surface area contributed by atoms with Crippen molar-refractivity contribution in [3.8, 4) is 0 Å². The van der Waals surface area contributed by atoms with E-state index < -0.39 is 36.7 Å². The number of alkyl halides is 3. The van der Waals surface area contributed by atoms with Crippen LogP contribution >= 0.6 is 7.60 Å². The SMILES string of the molecule is CCOC(=O)/C=C/C1Cc2cccc(C(F)(F)F)c2P(=O)(OCC)O1. The summed E-state index contributed by atoms with van der Waals surface area (Å²) in [5.41, 5.74) is -0.814. The Morgan fingerprint density at radius 1 is 1.36 bits per heavy atom. The largest absolute Gasteiger partial charge is 0.463 e. The van der Waals surface area contributed by atoms with Crippen molar-refractivity contribution in [2.75, 3.05) is 13.2 Å². The highest BCUT2D eigenvalue weighted by Crippen LogP contribution is 2.54. The van der Waals surface area contributed by atoms with Crippen LogP contribution in [0.2, 0.25) is 0 Å². The van der Waals surface area contributed by atoms with Crippen LogP contribution in [-0.4, -0.2) is 25.3 Å². The maximum atomic E-state index is 13.3. The Labute approximate surface area is 143 Å². The molecule has 1 aromatic carbocycles. The van der Waals surface area contributed by atoms with Crippen molar-refractivity contribution >= 4 is 18.9 Å². The fourth-order valence-corrected chi connectivity index (χ4v) is 4.69. The van der Waals surface area contributed by atoms with E-state index in [9.17, 15) is 22.5 Å². The van der Waals surface area contributed by atoms with Crippen LogP contribution in [0.5, 0.6) is 0 Å². The van der Waals surface area contributed by atoms with Gasteiger partial charge in [0, 0.05) is 12.5 Å². The van der Waals surface area contributed by atoms with Crippen molar-refractivity contribution in [3.63, 3.8) is 0 Å². The number of fused-ring (bicyclic) bond motifs is 1. The van der Waals surface area contributed by atoms with Crippen LogP contribution in [0.3, 0.4) is 0 Å². The highest BCUT2D eigenvalue weighted by molar-refractivity contribution is 7.62. The van der Waals surface area contributed by atoms with Crippen molar-refractivity contribution in [1.29, 1.82) is 0 Å². The van der Waals surface area contributed by atoms with Gasteiger partial charge in [0.05, 0.1) is 30.2 Å². The van der Waals surface area contributed by atoms with Gasteiger partial charge in [0.2, 0.25) is 0 Å². The minimum absolute atomic E-state index is 0.0340. The van der Waals surface area contributed by atoms with Gasteiger partial charge in [0.15, 0.2) is 0 Å². The fraction of sp³-hybridized carbons (Fsp3) is 0.438. The van der Waals surface area contributed by atoms with Crippen LogP contribution in [-0.2, 0) is 35.7 Å². The Hall–Kier alpha value is -1.63. The maximum absolute atomic E-state index is 13.3. The van der Waals surface area contributed by atoms with Crippen LogP contribution < -0.4 is 5.30 Å². The molecular weight excluding hydrogens is 360 g/mol. The molecule has 2 unspecified atom stereocenters. The lowest BCUT2D eigenvalue weighted by molar-refractivity contribution is -0.137. The van der Waals surface area contributed by atoms with E-state index in [2.05, 4.69) is 0 Å². The van der Waals surface area contributed by atoms with Gasteiger partial charge in [-0.05, 0) is 31.6 Å². The average molecular weight is 378 g/mol. The first-order valence-corrected chi connectivity index (χ1v) is 9.23. The smallest absolute Gasteiger partial charge is 0.417 e. The number of benzene rings is 1. The molecule has 2 rings (SSSR count). The molecule has 0 aliphatic carbocycles. The number of hydrogen-bond donors (Lipinski definition) is 0. The highest BCUT2D eigenvalue weighted by Gasteiger charge is 2.46. The number of esters is 1. The monoisotopic (exact) mass is 378 g/mol. The Morgan fingerprint density at radius 2 is 2.08 bits per heavy atom. The second kappa shape index (κ2) is 7.72. The van der Waals surface area contributed by atoms with Gasteiger partial charge in [-0.2, -0.15) is 13.2 Å². The van der Waals surface area contributed by atoms with E-state index in [1.807, 2.05) is 0 Å². The Bertz CT molecular complexity index is 714. The molecule has 1 aliphatic heterocycles. The first-order valence-electron chi connectivity index (χ1n) is 7.68. The van der Waals surface area contributed by atoms with E-state index in [1.54, 1.807) is 6.92 Å². The number of rotatable bonds is 5. The van der Waals surface area contributed by atoms with Crippen LogP contribution in [0, 0.1) is 0 Å². The topological polar surface area (TPSA) is 61.8 Å². The molecular formula is C16H18F3O5P. The molecule has 0 N–H and O–H groups in total. The molecule has 0 aromatic heterocycles. The molecule has 0 fully saturated rings. The van der Waals surface area contributed by atoms with E-state index in [0.717, 1.165) is 12.1 Å². The number of carbonyl (C=O) groups is 1. The molecule has 1 aliphatic rings. The summed E-state index contributed by atoms with van der Waals surface area (Å²) in [6.45, 7) is 3.25. The molecule has 2 atom stereocenters. The zero-order chi connectivity index (χ0) is 18.7. The quantitative estimate of drug-likeness (QED) is 0.445. The molecule has 0 saturated heterocycles. The van der Waals surface area contributed by atoms with Gasteiger partial charge in [-0.3, -0.25) is 9.09 Å². The molecule has 25 heavy (non-hydrogen) atoms. The van der Waals surface area contributed by atoms with Crippen molar-refractivity contribution in [3.05, 3.63) is 41.5 Å². The predicted octanol–water partition coefficient (Wildman–Crippen LogP) is 3.62. The normalized spacial score (nSPS) is 23.5. The van der Waals surface area contributed by atoms with Crippen molar-refractivity contribution in [1.82, 2.24) is 0 Å². The lowest BCUT2D eigenvalue weighted by atomic mass is 10.0. The van der Waals surface area contributed by atoms with E-state index in [4.69, 9.17) is 13.8 Å². The van der Waals surface area contributed by atoms with Crippen LogP contribution in [0.1, 0.15) is 25.0 Å². The molecule has 0 spiro atoms. The number of ether oxygens (including phenoxy) is 1. The third-order valence-corrected chi connectivity index (χ3v) is 5.65. The van der Waals surface area contributed by atoms with Gasteiger partial charge in [-0.1, -0.05) is 12.1 Å². The molecule has 0 radical (unpaired) electrons. The lowest BCUT2D eigenvalue weighted by Gasteiger charge is -2.31. The average Bonchev–Trinajstić information content (AvgIpc) is 2.52. The molecule has 9 heteroatoms. The Morgan fingerprint density at radius 3 is 2.68 bits per heavy atom. The summed E-state index contributed by atoms with van der Waals surface area (Å²) in [5, 5.41) is -0.454. The summed E-state index contributed by atoms with van der Waals surface area (Å²) >= 11 is 0. The number of halogens is 3. The van der Waals surface area contributed by atoms with E-state index in [1.165, 1.54) is 25.1 Å². The van der Waals surface area contributed by atoms with Gasteiger partial charge < -0.3 is 9.26 Å². The molecule has 1 heterocycles. The van der Waals surface area contributed by atoms with Crippen molar-refractivity contribution < 1.29 is 36.3 Å². The Kier molecular flexibility index (Phi) is 6.08. The first kappa shape index (κ1) is 19.7. The van der Waals surface area contributed by atoms with Gasteiger partial charge >= 0.3 is 19.7 Å². The third-order valence-electron chi connectivity index (χ3n) is 3.43. The third kappa shape index (κ3) is 4.51. The van der Waals surface area contributed by atoms with Gasteiger partial charge in [0.1, 0.15) is 0 Å². The second-order valence-corrected chi connectivity index (χ2v) is 7.10. The van der Waals surface area contributed by atoms with Gasteiger partial charge in [-0.25, -0.2) is 4.79 Å². The summed E-state index contributed by atoms with van der Waals surface area (Å²) < 4.78 is 68.1. The number of hydrogen-bond acceptors (Lipinski definition) is 5. The molecule has 1 aromatic rings. The lowest BCUT2D eigenvalue weighted by Crippen LogP contribution is -2.33. The fourth-order valence-electron chi connectivity index (χ4n) is 2.54. The summed E-state index contributed by atoms with van der Waals surface area (Å²) in [7, 11) is -4.19.